The average Bonchev–Trinajstić information content (AvgIpc) is 2.92. The van der Waals surface area contributed by atoms with E-state index in [1.165, 1.54) is 11.5 Å². The number of ether oxygens (including phenoxy) is 1. The van der Waals surface area contributed by atoms with E-state index in [0.29, 0.717) is 21.7 Å². The number of nitrogens with two attached hydrogens (primary N) is 1. The molecule has 0 saturated carbocycles. The molecule has 0 saturated heterocycles. The first-order chi connectivity index (χ1) is 10.2. The van der Waals surface area contributed by atoms with Crippen molar-refractivity contribution in [1.29, 1.82) is 0 Å². The topological polar surface area (TPSA) is 90.1 Å². The van der Waals surface area contributed by atoms with Crippen molar-refractivity contribution in [2.75, 3.05) is 23.4 Å². The molecule has 8 heteroatoms. The average molecular weight is 324 g/mol. The van der Waals surface area contributed by atoms with Gasteiger partial charge in [-0.2, -0.15) is 9.36 Å². The molecular weight excluding hydrogens is 308 g/mol. The van der Waals surface area contributed by atoms with Crippen LogP contribution in [0.2, 0.25) is 0 Å². The van der Waals surface area contributed by atoms with E-state index in [9.17, 15) is 4.79 Å². The lowest BCUT2D eigenvalue weighted by Crippen LogP contribution is -2.20. The van der Waals surface area contributed by atoms with Crippen LogP contribution in [-0.4, -0.2) is 27.6 Å². The van der Waals surface area contributed by atoms with E-state index in [1.807, 2.05) is 0 Å². The monoisotopic (exact) mass is 324 g/mol. The number of nitrogens with one attached hydrogen (secondary N) is 1. The van der Waals surface area contributed by atoms with Crippen molar-refractivity contribution in [3.63, 3.8) is 0 Å². The van der Waals surface area contributed by atoms with Gasteiger partial charge in [0.05, 0.1) is 0 Å². The zero-order valence-corrected chi connectivity index (χ0v) is 13.2. The fourth-order valence-electron chi connectivity index (χ4n) is 1.38. The van der Waals surface area contributed by atoms with Crippen molar-refractivity contribution < 1.29 is 9.53 Å². The van der Waals surface area contributed by atoms with E-state index in [4.69, 9.17) is 10.5 Å². The maximum Gasteiger partial charge on any atom is 0.264 e. The Hall–Kier alpha value is -1.80. The van der Waals surface area contributed by atoms with Crippen molar-refractivity contribution >= 4 is 40.0 Å². The van der Waals surface area contributed by atoms with Crippen LogP contribution in [0.15, 0.2) is 29.4 Å². The van der Waals surface area contributed by atoms with Crippen molar-refractivity contribution in [3.8, 4) is 5.75 Å². The summed E-state index contributed by atoms with van der Waals surface area (Å²) < 4.78 is 9.51. The van der Waals surface area contributed by atoms with Crippen LogP contribution >= 0.6 is 23.3 Å². The second-order valence-electron chi connectivity index (χ2n) is 4.14. The standard InChI is InChI=1S/C13H16N4O2S2/c1-2-7-20-13-16-12(21-17-13)15-11(18)8-19-10-5-3-9(14)4-6-10/h3-6H,2,7-8,14H2,1H3,(H,15,16,17,18). The number of nitrogens with zero attached hydrogens (tertiary/aromatic N) is 2. The van der Waals surface area contributed by atoms with Gasteiger partial charge in [0.1, 0.15) is 5.75 Å². The summed E-state index contributed by atoms with van der Waals surface area (Å²) in [6.07, 6.45) is 1.06. The summed E-state index contributed by atoms with van der Waals surface area (Å²) >= 11 is 2.74. The Balaban J connectivity index is 1.78. The minimum atomic E-state index is -0.269. The summed E-state index contributed by atoms with van der Waals surface area (Å²) in [6, 6.07) is 6.87. The number of benzene rings is 1. The van der Waals surface area contributed by atoms with Gasteiger partial charge in [0, 0.05) is 23.0 Å². The lowest BCUT2D eigenvalue weighted by Gasteiger charge is -2.05. The Morgan fingerprint density at radius 2 is 2.19 bits per heavy atom. The highest BCUT2D eigenvalue weighted by Gasteiger charge is 2.09. The van der Waals surface area contributed by atoms with Crippen LogP contribution in [0.5, 0.6) is 5.75 Å². The minimum absolute atomic E-state index is 0.0824. The normalized spacial score (nSPS) is 10.3. The third-order valence-electron chi connectivity index (χ3n) is 2.34. The van der Waals surface area contributed by atoms with Crippen LogP contribution in [-0.2, 0) is 4.79 Å². The Kier molecular flexibility index (Phi) is 5.82. The smallest absolute Gasteiger partial charge is 0.264 e. The van der Waals surface area contributed by atoms with Crippen LogP contribution < -0.4 is 15.8 Å². The molecule has 0 atom stereocenters. The quantitative estimate of drug-likeness (QED) is 0.601. The third kappa shape index (κ3) is 5.24. The van der Waals surface area contributed by atoms with Crippen molar-refractivity contribution in [2.45, 2.75) is 18.5 Å². The Morgan fingerprint density at radius 3 is 2.90 bits per heavy atom. The van der Waals surface area contributed by atoms with Gasteiger partial charge in [-0.15, -0.1) is 0 Å². The number of nitrogen functional groups attached to an aromatic ring is 1. The van der Waals surface area contributed by atoms with Crippen LogP contribution in [0, 0.1) is 0 Å². The molecule has 0 spiro atoms. The summed E-state index contributed by atoms with van der Waals surface area (Å²) in [5.41, 5.74) is 6.22. The molecule has 0 aliphatic heterocycles. The van der Waals surface area contributed by atoms with Crippen LogP contribution in [0.25, 0.3) is 0 Å². The first kappa shape index (κ1) is 15.6. The summed E-state index contributed by atoms with van der Waals surface area (Å²) in [4.78, 5) is 16.0. The van der Waals surface area contributed by atoms with Crippen molar-refractivity contribution in [2.24, 2.45) is 0 Å². The van der Waals surface area contributed by atoms with Gasteiger partial charge in [-0.1, -0.05) is 18.7 Å². The first-order valence-electron chi connectivity index (χ1n) is 6.42. The van der Waals surface area contributed by atoms with Crippen molar-refractivity contribution in [1.82, 2.24) is 9.36 Å². The van der Waals surface area contributed by atoms with Crippen LogP contribution in [0.3, 0.4) is 0 Å². The lowest BCUT2D eigenvalue weighted by molar-refractivity contribution is -0.118. The molecule has 0 aliphatic carbocycles. The zero-order chi connectivity index (χ0) is 15.1. The molecule has 0 radical (unpaired) electrons. The maximum atomic E-state index is 11.7. The van der Waals surface area contributed by atoms with Gasteiger partial charge in [0.25, 0.3) is 5.91 Å². The maximum absolute atomic E-state index is 11.7. The van der Waals surface area contributed by atoms with E-state index in [2.05, 4.69) is 21.6 Å². The summed E-state index contributed by atoms with van der Waals surface area (Å²) in [6.45, 7) is 2.01. The number of rotatable bonds is 7. The van der Waals surface area contributed by atoms with Gasteiger partial charge in [0.15, 0.2) is 6.61 Å². The first-order valence-corrected chi connectivity index (χ1v) is 8.18. The van der Waals surface area contributed by atoms with E-state index in [0.717, 1.165) is 12.2 Å². The van der Waals surface area contributed by atoms with Gasteiger partial charge in [-0.3, -0.25) is 10.1 Å². The minimum Gasteiger partial charge on any atom is -0.484 e. The number of aromatic nitrogens is 2. The molecule has 1 aromatic heterocycles. The molecule has 0 bridgehead atoms. The van der Waals surface area contributed by atoms with Gasteiger partial charge >= 0.3 is 0 Å². The molecule has 0 unspecified atom stereocenters. The summed E-state index contributed by atoms with van der Waals surface area (Å²) in [5.74, 6) is 1.29. The molecule has 0 aliphatic rings. The second kappa shape index (κ2) is 7.84. The molecule has 3 N–H and O–H groups in total. The molecule has 1 amide bonds. The number of hydrogen-bond donors (Lipinski definition) is 2. The van der Waals surface area contributed by atoms with Gasteiger partial charge in [-0.05, 0) is 30.7 Å². The SMILES string of the molecule is CCCSc1nsc(NC(=O)COc2ccc(N)cc2)n1. The predicted octanol–water partition coefficient (Wildman–Crippen LogP) is 2.64. The fourth-order valence-corrected chi connectivity index (χ4v) is 2.80. The molecule has 2 rings (SSSR count). The largest absolute Gasteiger partial charge is 0.484 e. The summed E-state index contributed by atoms with van der Waals surface area (Å²) in [5, 5.41) is 3.84. The van der Waals surface area contributed by atoms with Crippen molar-refractivity contribution in [3.05, 3.63) is 24.3 Å². The predicted molar refractivity (Wildman–Crippen MR) is 85.9 cm³/mol. The Bertz CT molecular complexity index is 586. The lowest BCUT2D eigenvalue weighted by atomic mass is 10.3. The molecule has 112 valence electrons. The van der Waals surface area contributed by atoms with E-state index >= 15 is 0 Å². The highest BCUT2D eigenvalue weighted by atomic mass is 32.2. The summed E-state index contributed by atoms with van der Waals surface area (Å²) in [7, 11) is 0. The van der Waals surface area contributed by atoms with E-state index in [-0.39, 0.29) is 12.5 Å². The van der Waals surface area contributed by atoms with Crippen LogP contribution in [0.1, 0.15) is 13.3 Å². The van der Waals surface area contributed by atoms with E-state index < -0.39 is 0 Å². The number of anilines is 2. The van der Waals surface area contributed by atoms with Gasteiger partial charge in [0.2, 0.25) is 10.3 Å². The third-order valence-corrected chi connectivity index (χ3v) is 4.14. The van der Waals surface area contributed by atoms with Gasteiger partial charge < -0.3 is 10.5 Å². The molecule has 2 aromatic rings. The highest BCUT2D eigenvalue weighted by molar-refractivity contribution is 7.99. The number of carbonyl (C=O) groups excluding carboxylic acids is 1. The number of hydrogen-bond acceptors (Lipinski definition) is 7. The van der Waals surface area contributed by atoms with E-state index in [1.54, 1.807) is 36.0 Å². The molecule has 1 aromatic carbocycles. The molecule has 0 fully saturated rings. The fraction of sp³-hybridized carbons (Fsp3) is 0.308. The highest BCUT2D eigenvalue weighted by Crippen LogP contribution is 2.20. The molecule has 21 heavy (non-hydrogen) atoms. The number of amides is 1. The molecular formula is C13H16N4O2S2. The zero-order valence-electron chi connectivity index (χ0n) is 11.5. The molecule has 6 nitrogen and oxygen atoms in total. The van der Waals surface area contributed by atoms with Gasteiger partial charge in [-0.25, -0.2) is 0 Å². The molecule has 1 heterocycles. The van der Waals surface area contributed by atoms with Crippen LogP contribution in [0.4, 0.5) is 10.8 Å². The number of thioether (sulfide) groups is 1. The second-order valence-corrected chi connectivity index (χ2v) is 5.95. The Labute approximate surface area is 131 Å². The number of carbonyl (C=O) groups is 1. The Morgan fingerprint density at radius 1 is 1.43 bits per heavy atom.